The normalized spacial score (nSPS) is 15.5. The molecule has 124 valence electrons. The van der Waals surface area contributed by atoms with E-state index in [2.05, 4.69) is 4.98 Å². The summed E-state index contributed by atoms with van der Waals surface area (Å²) in [6.07, 6.45) is 6.03. The average molecular weight is 343 g/mol. The van der Waals surface area contributed by atoms with Crippen LogP contribution in [0.4, 0.5) is 0 Å². The Kier molecular flexibility index (Phi) is 5.28. The zero-order valence-electron chi connectivity index (χ0n) is 13.5. The number of nitrogens with zero attached hydrogens (tertiary/aromatic N) is 2. The Morgan fingerprint density at radius 1 is 1.25 bits per heavy atom. The fourth-order valence-corrected chi connectivity index (χ4v) is 3.01. The quantitative estimate of drug-likeness (QED) is 0.852. The third-order valence-electron chi connectivity index (χ3n) is 4.13. The average Bonchev–Trinajstić information content (AvgIpc) is 2.64. The Labute approximate surface area is 146 Å². The molecule has 1 aliphatic rings. The summed E-state index contributed by atoms with van der Waals surface area (Å²) in [7, 11) is 1.82. The van der Waals surface area contributed by atoms with Crippen LogP contribution in [0.1, 0.15) is 23.6 Å². The van der Waals surface area contributed by atoms with Gasteiger partial charge in [0, 0.05) is 36.5 Å². The van der Waals surface area contributed by atoms with E-state index in [1.54, 1.807) is 17.3 Å². The van der Waals surface area contributed by atoms with Crippen molar-refractivity contribution in [3.63, 3.8) is 0 Å². The molecule has 4 nitrogen and oxygen atoms in total. The molecule has 0 bridgehead atoms. The third-order valence-corrected chi connectivity index (χ3v) is 4.38. The first kappa shape index (κ1) is 16.7. The predicted octanol–water partition coefficient (Wildman–Crippen LogP) is 3.63. The molecule has 3 rings (SSSR count). The predicted molar refractivity (Wildman–Crippen MR) is 93.8 cm³/mol. The highest BCUT2D eigenvalue weighted by Crippen LogP contribution is 2.29. The van der Waals surface area contributed by atoms with Crippen molar-refractivity contribution in [1.29, 1.82) is 0 Å². The SMILES string of the molecule is CN(C(=O)C1=CCOCC1)[C@H](c1ccc(Cl)cc1)c1cccnc1. The number of rotatable bonds is 4. The summed E-state index contributed by atoms with van der Waals surface area (Å²) in [4.78, 5) is 18.9. The molecule has 1 aliphatic heterocycles. The minimum atomic E-state index is -0.216. The number of carbonyl (C=O) groups excluding carboxylic acids is 1. The summed E-state index contributed by atoms with van der Waals surface area (Å²) in [6.45, 7) is 1.08. The lowest BCUT2D eigenvalue weighted by Crippen LogP contribution is -2.34. The first-order valence-electron chi connectivity index (χ1n) is 7.86. The van der Waals surface area contributed by atoms with Crippen molar-refractivity contribution in [3.05, 3.63) is 76.6 Å². The lowest BCUT2D eigenvalue weighted by molar-refractivity contribution is -0.127. The van der Waals surface area contributed by atoms with Crippen molar-refractivity contribution < 1.29 is 9.53 Å². The van der Waals surface area contributed by atoms with Crippen LogP contribution in [0.5, 0.6) is 0 Å². The van der Waals surface area contributed by atoms with Gasteiger partial charge in [0.15, 0.2) is 0 Å². The summed E-state index contributed by atoms with van der Waals surface area (Å²) < 4.78 is 5.30. The minimum absolute atomic E-state index is 0.0158. The van der Waals surface area contributed by atoms with Crippen LogP contribution in [0, 0.1) is 0 Å². The molecule has 0 saturated heterocycles. The number of aromatic nitrogens is 1. The Bertz CT molecular complexity index is 729. The topological polar surface area (TPSA) is 42.4 Å². The van der Waals surface area contributed by atoms with Crippen molar-refractivity contribution in [3.8, 4) is 0 Å². The Morgan fingerprint density at radius 2 is 2.04 bits per heavy atom. The molecule has 0 saturated carbocycles. The standard InChI is InChI=1S/C19H19ClN2O2/c1-22(19(23)15-8-11-24-12-9-15)18(16-3-2-10-21-13-16)14-4-6-17(20)7-5-14/h2-8,10,13,18H,9,11-12H2,1H3/t18-/m1/s1. The summed E-state index contributed by atoms with van der Waals surface area (Å²) in [5.41, 5.74) is 2.76. The van der Waals surface area contributed by atoms with Crippen LogP contribution in [-0.4, -0.2) is 36.1 Å². The Morgan fingerprint density at radius 3 is 2.67 bits per heavy atom. The number of amides is 1. The second-order valence-corrected chi connectivity index (χ2v) is 6.15. The van der Waals surface area contributed by atoms with Crippen LogP contribution in [0.15, 0.2) is 60.4 Å². The zero-order valence-corrected chi connectivity index (χ0v) is 14.2. The van der Waals surface area contributed by atoms with Gasteiger partial charge in [0.25, 0.3) is 0 Å². The fourth-order valence-electron chi connectivity index (χ4n) is 2.89. The van der Waals surface area contributed by atoms with Gasteiger partial charge >= 0.3 is 0 Å². The highest BCUT2D eigenvalue weighted by Gasteiger charge is 2.26. The van der Waals surface area contributed by atoms with Gasteiger partial charge in [-0.3, -0.25) is 9.78 Å². The van der Waals surface area contributed by atoms with Crippen LogP contribution in [-0.2, 0) is 9.53 Å². The molecule has 2 aromatic rings. The first-order chi connectivity index (χ1) is 11.7. The maximum atomic E-state index is 12.9. The van der Waals surface area contributed by atoms with Crippen molar-refractivity contribution >= 4 is 17.5 Å². The molecule has 5 heteroatoms. The smallest absolute Gasteiger partial charge is 0.250 e. The molecular weight excluding hydrogens is 324 g/mol. The first-order valence-corrected chi connectivity index (χ1v) is 8.24. The highest BCUT2D eigenvalue weighted by molar-refractivity contribution is 6.30. The van der Waals surface area contributed by atoms with Gasteiger partial charge < -0.3 is 9.64 Å². The molecule has 0 unspecified atom stereocenters. The molecule has 0 radical (unpaired) electrons. The summed E-state index contributed by atoms with van der Waals surface area (Å²) in [6, 6.07) is 11.2. The van der Waals surface area contributed by atoms with E-state index < -0.39 is 0 Å². The monoisotopic (exact) mass is 342 g/mol. The van der Waals surface area contributed by atoms with Gasteiger partial charge in [-0.25, -0.2) is 0 Å². The minimum Gasteiger partial charge on any atom is -0.377 e. The third kappa shape index (κ3) is 3.66. The van der Waals surface area contributed by atoms with Gasteiger partial charge in [0.2, 0.25) is 5.91 Å². The molecular formula is C19H19ClN2O2. The zero-order chi connectivity index (χ0) is 16.9. The van der Waals surface area contributed by atoms with Crippen LogP contribution in [0.25, 0.3) is 0 Å². The molecule has 1 atom stereocenters. The van der Waals surface area contributed by atoms with Crippen LogP contribution >= 0.6 is 11.6 Å². The lowest BCUT2D eigenvalue weighted by Gasteiger charge is -2.30. The number of hydrogen-bond acceptors (Lipinski definition) is 3. The van der Waals surface area contributed by atoms with Crippen molar-refractivity contribution in [1.82, 2.24) is 9.88 Å². The Hall–Kier alpha value is -2.17. The van der Waals surface area contributed by atoms with Crippen LogP contribution < -0.4 is 0 Å². The Balaban J connectivity index is 1.96. The van der Waals surface area contributed by atoms with E-state index in [0.717, 1.165) is 16.7 Å². The second kappa shape index (κ2) is 7.60. The van der Waals surface area contributed by atoms with E-state index in [4.69, 9.17) is 16.3 Å². The molecule has 2 heterocycles. The molecule has 24 heavy (non-hydrogen) atoms. The number of likely N-dealkylation sites (N-methyl/N-ethyl adjacent to an activating group) is 1. The van der Waals surface area contributed by atoms with Crippen molar-refractivity contribution in [2.24, 2.45) is 0 Å². The van der Waals surface area contributed by atoms with Crippen molar-refractivity contribution in [2.75, 3.05) is 20.3 Å². The highest BCUT2D eigenvalue weighted by atomic mass is 35.5. The molecule has 0 N–H and O–H groups in total. The van der Waals surface area contributed by atoms with Crippen LogP contribution in [0.2, 0.25) is 5.02 Å². The summed E-state index contributed by atoms with van der Waals surface area (Å²) in [5.74, 6) is 0.0158. The molecule has 0 aliphatic carbocycles. The maximum Gasteiger partial charge on any atom is 0.250 e. The molecule has 1 aromatic carbocycles. The van der Waals surface area contributed by atoms with Gasteiger partial charge in [-0.2, -0.15) is 0 Å². The van der Waals surface area contributed by atoms with Gasteiger partial charge in [0.1, 0.15) is 0 Å². The van der Waals surface area contributed by atoms with E-state index >= 15 is 0 Å². The van der Waals surface area contributed by atoms with Gasteiger partial charge in [-0.1, -0.05) is 35.9 Å². The van der Waals surface area contributed by atoms with Crippen LogP contribution in [0.3, 0.4) is 0 Å². The summed E-state index contributed by atoms with van der Waals surface area (Å²) >= 11 is 6.01. The van der Waals surface area contributed by atoms with Gasteiger partial charge in [-0.15, -0.1) is 0 Å². The molecule has 1 aromatic heterocycles. The molecule has 0 spiro atoms. The number of benzene rings is 1. The van der Waals surface area contributed by atoms with E-state index in [1.165, 1.54) is 0 Å². The number of halogens is 1. The fraction of sp³-hybridized carbons (Fsp3) is 0.263. The van der Waals surface area contributed by atoms with E-state index in [9.17, 15) is 4.79 Å². The van der Waals surface area contributed by atoms with E-state index in [0.29, 0.717) is 24.7 Å². The largest absolute Gasteiger partial charge is 0.377 e. The van der Waals surface area contributed by atoms with E-state index in [1.807, 2.05) is 49.5 Å². The molecule has 1 amide bonds. The number of hydrogen-bond donors (Lipinski definition) is 0. The van der Waals surface area contributed by atoms with Gasteiger partial charge in [0.05, 0.1) is 19.3 Å². The van der Waals surface area contributed by atoms with Gasteiger partial charge in [-0.05, 0) is 29.3 Å². The number of ether oxygens (including phenoxy) is 1. The summed E-state index contributed by atoms with van der Waals surface area (Å²) in [5, 5.41) is 0.671. The number of carbonyl (C=O) groups is 1. The molecule has 0 fully saturated rings. The maximum absolute atomic E-state index is 12.9. The number of pyridine rings is 1. The second-order valence-electron chi connectivity index (χ2n) is 5.71. The van der Waals surface area contributed by atoms with Crippen molar-refractivity contribution in [2.45, 2.75) is 12.5 Å². The van der Waals surface area contributed by atoms with E-state index in [-0.39, 0.29) is 11.9 Å². The lowest BCUT2D eigenvalue weighted by atomic mass is 9.97.